The molecule has 2 aliphatic heterocycles. The van der Waals surface area contributed by atoms with E-state index in [1.807, 2.05) is 58.0 Å². The van der Waals surface area contributed by atoms with Crippen LogP contribution >= 0.6 is 0 Å². The van der Waals surface area contributed by atoms with Gasteiger partial charge in [-0.15, -0.1) is 0 Å². The fourth-order valence-corrected chi connectivity index (χ4v) is 5.41. The van der Waals surface area contributed by atoms with Crippen molar-refractivity contribution in [3.05, 3.63) is 64.8 Å². The van der Waals surface area contributed by atoms with E-state index in [1.165, 1.54) is 11.9 Å². The Bertz CT molecular complexity index is 1470. The van der Waals surface area contributed by atoms with Crippen molar-refractivity contribution in [1.29, 1.82) is 0 Å². The van der Waals surface area contributed by atoms with Gasteiger partial charge in [0.25, 0.3) is 5.91 Å². The van der Waals surface area contributed by atoms with Gasteiger partial charge in [-0.1, -0.05) is 12.1 Å². The van der Waals surface area contributed by atoms with Crippen molar-refractivity contribution in [3.63, 3.8) is 0 Å². The van der Waals surface area contributed by atoms with E-state index in [2.05, 4.69) is 9.47 Å². The van der Waals surface area contributed by atoms with Crippen molar-refractivity contribution in [2.24, 2.45) is 0 Å². The summed E-state index contributed by atoms with van der Waals surface area (Å²) in [7, 11) is 1.53. The van der Waals surface area contributed by atoms with Crippen LogP contribution < -0.4 is 4.74 Å². The fraction of sp³-hybridized carbons (Fsp3) is 0.469. The standard InChI is InChI=1S/C32H40N4O6/c1-6-35-21-27-28(29(37)33(5)31(35)39)25-19-24(41-18-15-34-13-16-40-17-14-34)11-12-26(25)36(27)20-22-7-9-23(10-8-22)30(38)42-32(2,3)4/h7-12,19H,6,13-18,20-21H2,1-5H3. The summed E-state index contributed by atoms with van der Waals surface area (Å²) in [5.41, 5.74) is 3.02. The van der Waals surface area contributed by atoms with Gasteiger partial charge in [-0.2, -0.15) is 0 Å². The first-order valence-electron chi connectivity index (χ1n) is 14.5. The number of morpholine rings is 1. The smallest absolute Gasteiger partial charge is 0.338 e. The Morgan fingerprint density at radius 1 is 1.02 bits per heavy atom. The summed E-state index contributed by atoms with van der Waals surface area (Å²) in [6.45, 7) is 13.2. The number of esters is 1. The molecule has 2 aliphatic rings. The van der Waals surface area contributed by atoms with E-state index in [0.29, 0.717) is 43.1 Å². The van der Waals surface area contributed by atoms with E-state index in [4.69, 9.17) is 14.2 Å². The zero-order valence-corrected chi connectivity index (χ0v) is 25.1. The molecule has 3 aromatic rings. The third kappa shape index (κ3) is 6.29. The molecule has 3 heterocycles. The van der Waals surface area contributed by atoms with Crippen molar-refractivity contribution in [2.75, 3.05) is 53.0 Å². The molecule has 0 aliphatic carbocycles. The average Bonchev–Trinajstić information content (AvgIpc) is 3.21. The summed E-state index contributed by atoms with van der Waals surface area (Å²) in [5, 5.41) is 0.752. The van der Waals surface area contributed by atoms with Crippen LogP contribution in [0.1, 0.15) is 59.7 Å². The second kappa shape index (κ2) is 12.1. The highest BCUT2D eigenvalue weighted by Gasteiger charge is 2.34. The van der Waals surface area contributed by atoms with Crippen LogP contribution in [0.5, 0.6) is 5.75 Å². The molecule has 0 saturated carbocycles. The second-order valence-corrected chi connectivity index (χ2v) is 11.7. The molecule has 42 heavy (non-hydrogen) atoms. The first-order chi connectivity index (χ1) is 20.1. The number of imide groups is 1. The molecule has 1 saturated heterocycles. The van der Waals surface area contributed by atoms with Gasteiger partial charge >= 0.3 is 12.0 Å². The van der Waals surface area contributed by atoms with Crippen LogP contribution in [0.4, 0.5) is 4.79 Å². The Morgan fingerprint density at radius 2 is 1.74 bits per heavy atom. The number of rotatable bonds is 8. The van der Waals surface area contributed by atoms with Crippen molar-refractivity contribution in [2.45, 2.75) is 46.4 Å². The lowest BCUT2D eigenvalue weighted by Crippen LogP contribution is -2.41. The Morgan fingerprint density at radius 3 is 2.40 bits per heavy atom. The molecule has 0 bridgehead atoms. The highest BCUT2D eigenvalue weighted by atomic mass is 16.6. The fourth-order valence-electron chi connectivity index (χ4n) is 5.41. The predicted molar refractivity (Wildman–Crippen MR) is 159 cm³/mol. The minimum atomic E-state index is -0.579. The SMILES string of the molecule is CCN1Cc2c(c3cc(OCCN4CCOCC4)ccc3n2Cc2ccc(C(=O)OC(C)(C)C)cc2)C(=O)N(C)C1=O. The van der Waals surface area contributed by atoms with Crippen LogP contribution in [0.2, 0.25) is 0 Å². The summed E-state index contributed by atoms with van der Waals surface area (Å²) >= 11 is 0. The monoisotopic (exact) mass is 576 g/mol. The van der Waals surface area contributed by atoms with Crippen LogP contribution in [0, 0.1) is 0 Å². The number of carbonyl (C=O) groups excluding carboxylic acids is 3. The molecule has 0 radical (unpaired) electrons. The highest BCUT2D eigenvalue weighted by molar-refractivity contribution is 6.14. The minimum absolute atomic E-state index is 0.304. The van der Waals surface area contributed by atoms with E-state index in [1.54, 1.807) is 17.0 Å². The zero-order chi connectivity index (χ0) is 30.0. The number of nitrogens with zero attached hydrogens (tertiary/aromatic N) is 4. The topological polar surface area (TPSA) is 93.6 Å². The van der Waals surface area contributed by atoms with E-state index in [0.717, 1.165) is 55.0 Å². The maximum absolute atomic E-state index is 13.7. The molecule has 1 fully saturated rings. The molecule has 10 heteroatoms. The number of amides is 3. The largest absolute Gasteiger partial charge is 0.492 e. The summed E-state index contributed by atoms with van der Waals surface area (Å²) in [4.78, 5) is 44.5. The molecular formula is C32H40N4O6. The number of carbonyl (C=O) groups is 3. The first-order valence-corrected chi connectivity index (χ1v) is 14.5. The number of hydrogen-bond donors (Lipinski definition) is 0. The van der Waals surface area contributed by atoms with E-state index in [-0.39, 0.29) is 17.9 Å². The van der Waals surface area contributed by atoms with Gasteiger partial charge in [-0.25, -0.2) is 9.59 Å². The second-order valence-electron chi connectivity index (χ2n) is 11.7. The van der Waals surface area contributed by atoms with Gasteiger partial charge < -0.3 is 23.7 Å². The van der Waals surface area contributed by atoms with Gasteiger partial charge in [-0.05, 0) is 63.6 Å². The number of fused-ring (bicyclic) bond motifs is 3. The van der Waals surface area contributed by atoms with Crippen LogP contribution in [-0.2, 0) is 22.6 Å². The quantitative estimate of drug-likeness (QED) is 0.368. The van der Waals surface area contributed by atoms with Crippen molar-refractivity contribution >= 4 is 28.8 Å². The molecule has 3 amide bonds. The summed E-state index contributed by atoms with van der Waals surface area (Å²) < 4.78 is 19.1. The van der Waals surface area contributed by atoms with Crippen molar-refractivity contribution in [1.82, 2.24) is 19.3 Å². The molecule has 224 valence electrons. The third-order valence-corrected chi connectivity index (χ3v) is 7.65. The minimum Gasteiger partial charge on any atom is -0.492 e. The van der Waals surface area contributed by atoms with Crippen LogP contribution in [-0.4, -0.2) is 95.8 Å². The number of benzene rings is 2. The molecule has 0 unspecified atom stereocenters. The Balaban J connectivity index is 1.48. The van der Waals surface area contributed by atoms with Gasteiger partial charge in [-0.3, -0.25) is 14.6 Å². The number of ether oxygens (including phenoxy) is 3. The zero-order valence-electron chi connectivity index (χ0n) is 25.1. The maximum Gasteiger partial charge on any atom is 0.338 e. The van der Waals surface area contributed by atoms with Gasteiger partial charge in [0.05, 0.1) is 36.6 Å². The van der Waals surface area contributed by atoms with E-state index < -0.39 is 5.60 Å². The molecule has 0 atom stereocenters. The lowest BCUT2D eigenvalue weighted by Gasteiger charge is -2.26. The molecule has 2 aromatic carbocycles. The van der Waals surface area contributed by atoms with Gasteiger partial charge in [0.1, 0.15) is 18.0 Å². The molecule has 5 rings (SSSR count). The molecule has 0 N–H and O–H groups in total. The summed E-state index contributed by atoms with van der Waals surface area (Å²) in [5.74, 6) is -0.0301. The van der Waals surface area contributed by atoms with Gasteiger partial charge in [0, 0.05) is 50.7 Å². The molecular weight excluding hydrogens is 536 g/mol. The Kier molecular flexibility index (Phi) is 8.56. The average molecular weight is 577 g/mol. The molecule has 10 nitrogen and oxygen atoms in total. The van der Waals surface area contributed by atoms with Crippen molar-refractivity contribution < 1.29 is 28.6 Å². The Labute approximate surface area is 246 Å². The summed E-state index contributed by atoms with van der Waals surface area (Å²) in [6, 6.07) is 12.8. The lowest BCUT2D eigenvalue weighted by atomic mass is 10.1. The Hall–Kier alpha value is -3.89. The highest BCUT2D eigenvalue weighted by Crippen LogP contribution is 2.34. The van der Waals surface area contributed by atoms with E-state index in [9.17, 15) is 14.4 Å². The summed E-state index contributed by atoms with van der Waals surface area (Å²) in [6.07, 6.45) is 0. The maximum atomic E-state index is 13.7. The predicted octanol–water partition coefficient (Wildman–Crippen LogP) is 4.38. The number of aromatic nitrogens is 1. The van der Waals surface area contributed by atoms with Crippen LogP contribution in [0.3, 0.4) is 0 Å². The first kappa shape index (κ1) is 29.6. The van der Waals surface area contributed by atoms with Crippen LogP contribution in [0.25, 0.3) is 10.9 Å². The lowest BCUT2D eigenvalue weighted by molar-refractivity contribution is 0.00692. The third-order valence-electron chi connectivity index (χ3n) is 7.65. The van der Waals surface area contributed by atoms with E-state index >= 15 is 0 Å². The number of urea groups is 1. The molecule has 1 aromatic heterocycles. The van der Waals surface area contributed by atoms with Gasteiger partial charge in [0.15, 0.2) is 0 Å². The number of hydrogen-bond acceptors (Lipinski definition) is 7. The molecule has 0 spiro atoms. The van der Waals surface area contributed by atoms with Crippen molar-refractivity contribution in [3.8, 4) is 5.75 Å². The van der Waals surface area contributed by atoms with Crippen LogP contribution in [0.15, 0.2) is 42.5 Å². The van der Waals surface area contributed by atoms with Gasteiger partial charge in [0.2, 0.25) is 0 Å². The normalized spacial score (nSPS) is 16.5.